The summed E-state index contributed by atoms with van der Waals surface area (Å²) in [5, 5.41) is 0. The summed E-state index contributed by atoms with van der Waals surface area (Å²) in [5.74, 6) is 0.298. The van der Waals surface area contributed by atoms with Gasteiger partial charge < -0.3 is 9.80 Å². The van der Waals surface area contributed by atoms with Gasteiger partial charge >= 0.3 is 0 Å². The SMILES string of the molecule is CCCC(C)N(C)C(=O)C1=CN2CCS(=O)(=O)N=C2C=C1. The zero-order valence-corrected chi connectivity index (χ0v) is 13.4. The van der Waals surface area contributed by atoms with E-state index in [0.717, 1.165) is 12.8 Å². The van der Waals surface area contributed by atoms with Crippen molar-refractivity contribution in [1.82, 2.24) is 9.80 Å². The smallest absolute Gasteiger partial charge is 0.256 e. The Kier molecular flexibility index (Phi) is 4.51. The van der Waals surface area contributed by atoms with Crippen molar-refractivity contribution in [3.63, 3.8) is 0 Å². The highest BCUT2D eigenvalue weighted by molar-refractivity contribution is 7.90. The fourth-order valence-electron chi connectivity index (χ4n) is 2.34. The molecule has 0 aromatic carbocycles. The number of likely N-dealkylation sites (N-methyl/N-ethyl adjacent to an activating group) is 1. The normalized spacial score (nSPS) is 21.2. The van der Waals surface area contributed by atoms with Gasteiger partial charge in [0.25, 0.3) is 15.9 Å². The van der Waals surface area contributed by atoms with Crippen molar-refractivity contribution in [3.05, 3.63) is 23.9 Å². The Balaban J connectivity index is 2.16. The van der Waals surface area contributed by atoms with Crippen LogP contribution in [0.2, 0.25) is 0 Å². The molecule has 7 heteroatoms. The van der Waals surface area contributed by atoms with Crippen LogP contribution >= 0.6 is 0 Å². The Morgan fingerprint density at radius 2 is 2.19 bits per heavy atom. The molecule has 1 amide bonds. The topological polar surface area (TPSA) is 70.1 Å². The van der Waals surface area contributed by atoms with E-state index in [1.807, 2.05) is 6.92 Å². The quantitative estimate of drug-likeness (QED) is 0.780. The summed E-state index contributed by atoms with van der Waals surface area (Å²) < 4.78 is 26.6. The van der Waals surface area contributed by atoms with Gasteiger partial charge in [0.05, 0.1) is 11.3 Å². The van der Waals surface area contributed by atoms with Crippen LogP contribution in [-0.2, 0) is 14.8 Å². The molecule has 2 rings (SSSR count). The molecule has 2 heterocycles. The highest BCUT2D eigenvalue weighted by Gasteiger charge is 2.26. The van der Waals surface area contributed by atoms with E-state index in [9.17, 15) is 13.2 Å². The molecular formula is C14H21N3O3S. The first-order valence-corrected chi connectivity index (χ1v) is 8.71. The number of rotatable bonds is 4. The maximum atomic E-state index is 12.4. The molecule has 1 unspecified atom stereocenters. The largest absolute Gasteiger partial charge is 0.339 e. The maximum absolute atomic E-state index is 12.4. The average Bonchev–Trinajstić information content (AvgIpc) is 2.44. The predicted octanol–water partition coefficient (Wildman–Crippen LogP) is 1.13. The number of carbonyl (C=O) groups excluding carboxylic acids is 1. The molecular weight excluding hydrogens is 290 g/mol. The van der Waals surface area contributed by atoms with Crippen LogP contribution in [0.25, 0.3) is 0 Å². The minimum absolute atomic E-state index is 0.0234. The van der Waals surface area contributed by atoms with Crippen LogP contribution in [0, 0.1) is 0 Å². The third-order valence-electron chi connectivity index (χ3n) is 3.76. The molecule has 0 bridgehead atoms. The van der Waals surface area contributed by atoms with Crippen LogP contribution in [0.4, 0.5) is 0 Å². The van der Waals surface area contributed by atoms with Gasteiger partial charge in [0.2, 0.25) is 0 Å². The number of fused-ring (bicyclic) bond motifs is 1. The summed E-state index contributed by atoms with van der Waals surface area (Å²) in [7, 11) is -1.56. The van der Waals surface area contributed by atoms with E-state index < -0.39 is 10.0 Å². The molecule has 0 aromatic heterocycles. The summed E-state index contributed by atoms with van der Waals surface area (Å²) >= 11 is 0. The van der Waals surface area contributed by atoms with Crippen LogP contribution in [0.15, 0.2) is 28.3 Å². The van der Waals surface area contributed by atoms with Crippen LogP contribution < -0.4 is 0 Å². The van der Waals surface area contributed by atoms with E-state index in [1.165, 1.54) is 0 Å². The third-order valence-corrected chi connectivity index (χ3v) is 4.92. The molecule has 0 saturated carbocycles. The van der Waals surface area contributed by atoms with Crippen molar-refractivity contribution in [3.8, 4) is 0 Å². The van der Waals surface area contributed by atoms with Crippen LogP contribution in [0.1, 0.15) is 26.7 Å². The van der Waals surface area contributed by atoms with Gasteiger partial charge in [-0.2, -0.15) is 0 Å². The summed E-state index contributed by atoms with van der Waals surface area (Å²) in [6, 6.07) is 0.175. The molecule has 0 fully saturated rings. The van der Waals surface area contributed by atoms with E-state index in [1.54, 1.807) is 35.2 Å². The van der Waals surface area contributed by atoms with Gasteiger partial charge in [-0.15, -0.1) is 4.40 Å². The van der Waals surface area contributed by atoms with Gasteiger partial charge in [-0.05, 0) is 25.5 Å². The summed E-state index contributed by atoms with van der Waals surface area (Å²) in [6.45, 7) is 4.44. The van der Waals surface area contributed by atoms with Crippen molar-refractivity contribution >= 4 is 21.8 Å². The van der Waals surface area contributed by atoms with Crippen molar-refractivity contribution in [2.45, 2.75) is 32.7 Å². The van der Waals surface area contributed by atoms with E-state index in [2.05, 4.69) is 11.3 Å². The molecule has 21 heavy (non-hydrogen) atoms. The van der Waals surface area contributed by atoms with Crippen molar-refractivity contribution in [2.24, 2.45) is 4.40 Å². The first kappa shape index (κ1) is 15.8. The zero-order chi connectivity index (χ0) is 15.6. The number of amidine groups is 1. The predicted molar refractivity (Wildman–Crippen MR) is 82.3 cm³/mol. The lowest BCUT2D eigenvalue weighted by Crippen LogP contribution is -2.40. The minimum Gasteiger partial charge on any atom is -0.339 e. The standard InChI is InChI=1S/C14H21N3O3S/c1-4-5-11(2)16(3)14(18)12-6-7-13-15-21(19,20)9-8-17(13)10-12/h6-7,10-11H,4-5,8-9H2,1-3H3. The van der Waals surface area contributed by atoms with Crippen LogP contribution in [0.3, 0.4) is 0 Å². The Hall–Kier alpha value is -1.63. The lowest BCUT2D eigenvalue weighted by atomic mass is 10.1. The summed E-state index contributed by atoms with van der Waals surface area (Å²) in [6.07, 6.45) is 6.88. The second-order valence-electron chi connectivity index (χ2n) is 5.40. The lowest BCUT2D eigenvalue weighted by Gasteiger charge is -2.30. The average molecular weight is 311 g/mol. The molecule has 2 aliphatic heterocycles. The van der Waals surface area contributed by atoms with Gasteiger partial charge in [0.15, 0.2) is 0 Å². The van der Waals surface area contributed by atoms with Crippen LogP contribution in [0.5, 0.6) is 0 Å². The summed E-state index contributed by atoms with van der Waals surface area (Å²) in [4.78, 5) is 15.9. The van der Waals surface area contributed by atoms with Crippen molar-refractivity contribution in [2.75, 3.05) is 19.3 Å². The molecule has 0 aromatic rings. The molecule has 0 aliphatic carbocycles. The van der Waals surface area contributed by atoms with E-state index in [0.29, 0.717) is 18.0 Å². The molecule has 0 saturated heterocycles. The zero-order valence-electron chi connectivity index (χ0n) is 12.6. The van der Waals surface area contributed by atoms with Crippen molar-refractivity contribution < 1.29 is 13.2 Å². The van der Waals surface area contributed by atoms with Gasteiger partial charge in [-0.25, -0.2) is 8.42 Å². The molecule has 2 aliphatic rings. The second-order valence-corrected chi connectivity index (χ2v) is 7.16. The van der Waals surface area contributed by atoms with Gasteiger partial charge in [0, 0.05) is 25.8 Å². The number of hydrogen-bond donors (Lipinski definition) is 0. The molecule has 0 radical (unpaired) electrons. The molecule has 6 nitrogen and oxygen atoms in total. The van der Waals surface area contributed by atoms with Gasteiger partial charge in [-0.1, -0.05) is 13.3 Å². The second kappa shape index (κ2) is 6.01. The molecule has 1 atom stereocenters. The third kappa shape index (κ3) is 3.53. The highest BCUT2D eigenvalue weighted by Crippen LogP contribution is 2.18. The first-order valence-electron chi connectivity index (χ1n) is 7.10. The number of sulfonamides is 1. The van der Waals surface area contributed by atoms with E-state index in [-0.39, 0.29) is 17.7 Å². The fraction of sp³-hybridized carbons (Fsp3) is 0.571. The number of hydrogen-bond acceptors (Lipinski definition) is 4. The van der Waals surface area contributed by atoms with E-state index >= 15 is 0 Å². The molecule has 116 valence electrons. The minimum atomic E-state index is -3.36. The Bertz CT molecular complexity index is 619. The number of carbonyl (C=O) groups is 1. The maximum Gasteiger partial charge on any atom is 0.256 e. The Morgan fingerprint density at radius 3 is 2.86 bits per heavy atom. The molecule has 0 N–H and O–H groups in total. The monoisotopic (exact) mass is 311 g/mol. The Morgan fingerprint density at radius 1 is 1.48 bits per heavy atom. The number of nitrogens with zero attached hydrogens (tertiary/aromatic N) is 3. The Labute approximate surface area is 125 Å². The summed E-state index contributed by atoms with van der Waals surface area (Å²) in [5.41, 5.74) is 0.554. The molecule has 0 spiro atoms. The van der Waals surface area contributed by atoms with Crippen LogP contribution in [-0.4, -0.2) is 55.3 Å². The number of amides is 1. The lowest BCUT2D eigenvalue weighted by molar-refractivity contribution is -0.127. The first-order chi connectivity index (χ1) is 9.84. The van der Waals surface area contributed by atoms with Gasteiger partial charge in [-0.3, -0.25) is 4.79 Å². The van der Waals surface area contributed by atoms with E-state index in [4.69, 9.17) is 0 Å². The van der Waals surface area contributed by atoms with Gasteiger partial charge in [0.1, 0.15) is 5.84 Å². The fourth-order valence-corrected chi connectivity index (χ4v) is 3.31. The van der Waals surface area contributed by atoms with Crippen molar-refractivity contribution in [1.29, 1.82) is 0 Å². The highest BCUT2D eigenvalue weighted by atomic mass is 32.2.